The molecule has 18 heteroatoms. The maximum Gasteiger partial charge on any atom is 0.311 e. The van der Waals surface area contributed by atoms with Gasteiger partial charge in [-0.15, -0.1) is 0 Å². The zero-order valence-electron chi connectivity index (χ0n) is 42.7. The molecule has 0 amide bonds. The van der Waals surface area contributed by atoms with Crippen LogP contribution in [-0.2, 0) is 61.7 Å². The van der Waals surface area contributed by atoms with E-state index in [2.05, 4.69) is 11.8 Å². The number of methoxy groups -OCH3 is 1. The minimum atomic E-state index is -1.58. The van der Waals surface area contributed by atoms with Crippen molar-refractivity contribution in [3.05, 3.63) is 0 Å². The van der Waals surface area contributed by atoms with E-state index >= 15 is 0 Å². The second kappa shape index (κ2) is 22.6. The number of aliphatic hydroxyl groups is 2. The summed E-state index contributed by atoms with van der Waals surface area (Å²) in [4.78, 5) is 31.6. The third-order valence-corrected chi connectivity index (χ3v) is 15.2. The van der Waals surface area contributed by atoms with Gasteiger partial charge in [0.05, 0.1) is 47.6 Å². The predicted octanol–water partition coefficient (Wildman–Crippen LogP) is 3.38. The predicted molar refractivity (Wildman–Crippen MR) is 243 cm³/mol. The van der Waals surface area contributed by atoms with Gasteiger partial charge in [0, 0.05) is 58.8 Å². The van der Waals surface area contributed by atoms with Crippen LogP contribution in [0.4, 0.5) is 0 Å². The molecule has 5 aliphatic heterocycles. The first-order chi connectivity index (χ1) is 30.9. The van der Waals surface area contributed by atoms with Crippen LogP contribution in [0.1, 0.15) is 115 Å². The van der Waals surface area contributed by atoms with Crippen molar-refractivity contribution in [1.29, 1.82) is 0 Å². The Bertz CT molecular complexity index is 1580. The van der Waals surface area contributed by atoms with Crippen molar-refractivity contribution in [2.24, 2.45) is 23.5 Å². The summed E-state index contributed by atoms with van der Waals surface area (Å²) in [6.45, 7) is 23.1. The molecule has 0 saturated carbocycles. The van der Waals surface area contributed by atoms with Gasteiger partial charge in [-0.2, -0.15) is 0 Å². The third-order valence-electron chi connectivity index (χ3n) is 15.2. The molecule has 2 unspecified atom stereocenters. The molecule has 5 rings (SSSR count). The van der Waals surface area contributed by atoms with E-state index in [4.69, 9.17) is 57.8 Å². The third kappa shape index (κ3) is 11.8. The average Bonchev–Trinajstić information content (AvgIpc) is 3.92. The van der Waals surface area contributed by atoms with Crippen LogP contribution in [0.5, 0.6) is 0 Å². The quantitative estimate of drug-likeness (QED) is 0.115. The number of nitrogens with zero attached hydrogens (tertiary/aromatic N) is 2. The Labute approximate surface area is 394 Å². The molecule has 384 valence electrons. The fraction of sp³-hybridized carbons (Fsp3) is 0.958. The lowest BCUT2D eigenvalue weighted by atomic mass is 9.76. The van der Waals surface area contributed by atoms with Crippen LogP contribution >= 0.6 is 0 Å². The summed E-state index contributed by atoms with van der Waals surface area (Å²) in [5.74, 6) is -2.88. The molecule has 4 N–H and O–H groups in total. The van der Waals surface area contributed by atoms with Crippen LogP contribution in [0, 0.1) is 17.8 Å². The van der Waals surface area contributed by atoms with Gasteiger partial charge >= 0.3 is 11.9 Å². The van der Waals surface area contributed by atoms with Crippen molar-refractivity contribution in [1.82, 2.24) is 9.80 Å². The second-order valence-corrected chi connectivity index (χ2v) is 20.9. The number of epoxide rings is 1. The minimum Gasteiger partial charge on any atom is -0.459 e. The van der Waals surface area contributed by atoms with Crippen LogP contribution in [0.3, 0.4) is 0 Å². The van der Waals surface area contributed by atoms with Gasteiger partial charge < -0.3 is 77.9 Å². The van der Waals surface area contributed by atoms with Gasteiger partial charge in [0.1, 0.15) is 23.9 Å². The summed E-state index contributed by atoms with van der Waals surface area (Å²) < 4.78 is 70.4. The molecule has 5 aliphatic rings. The summed E-state index contributed by atoms with van der Waals surface area (Å²) in [6, 6.07) is -0.472. The fourth-order valence-corrected chi connectivity index (χ4v) is 11.4. The fourth-order valence-electron chi connectivity index (χ4n) is 11.4. The topological polar surface area (TPSA) is 212 Å². The highest BCUT2D eigenvalue weighted by molar-refractivity contribution is 5.73. The van der Waals surface area contributed by atoms with Crippen LogP contribution < -0.4 is 5.73 Å². The maximum absolute atomic E-state index is 14.8. The van der Waals surface area contributed by atoms with E-state index in [-0.39, 0.29) is 36.9 Å². The number of aliphatic hydroxyl groups excluding tert-OH is 1. The number of likely N-dealkylation sites (N-methyl/N-ethyl adjacent to an activating group) is 2. The highest BCUT2D eigenvalue weighted by Gasteiger charge is 2.85. The SMILES string of the molecule is CC[C@H]1OC(=O)[C@H](C)[C@@H](OC2C[C@@](C)(OC)[C@@H](OCCCOCCCN)[C@H](C)O2)[C@H](C)[C@@H](O[C@@H]2O[C@H](C)C[C@H](N(C)C)[C@H]2OC(C)=O)[C@](C)(O)C[C@@H](C)CN(C)[C@H](C)[C@H]2O[C@@H](O)C23O[C@]13C. The number of hydrogen-bond donors (Lipinski definition) is 3. The molecule has 0 aromatic heterocycles. The first kappa shape index (κ1) is 55.3. The average molecular weight is 946 g/mol. The molecule has 0 radical (unpaired) electrons. The van der Waals surface area contributed by atoms with Gasteiger partial charge in [-0.05, 0) is 114 Å². The monoisotopic (exact) mass is 946 g/mol. The normalized spacial score (nSPS) is 46.2. The van der Waals surface area contributed by atoms with E-state index < -0.39 is 108 Å². The van der Waals surface area contributed by atoms with Crippen LogP contribution in [-0.4, -0.2) is 195 Å². The van der Waals surface area contributed by atoms with Gasteiger partial charge in [-0.1, -0.05) is 20.8 Å². The first-order valence-corrected chi connectivity index (χ1v) is 24.5. The molecule has 0 aromatic carbocycles. The Morgan fingerprint density at radius 1 is 0.955 bits per heavy atom. The number of hydrogen-bond acceptors (Lipinski definition) is 18. The van der Waals surface area contributed by atoms with Crippen molar-refractivity contribution in [2.45, 2.75) is 217 Å². The standard InChI is InChI=1S/C48H87N3O15/c1-16-35-47(11)48(66-47)40(65-44(48)54)31(6)51(14)26-27(2)24-45(9,55)39(64-43-38(61-33(8)52)34(50(12)13)23-28(3)59-43)29(4)37(30(5)42(53)62-35)63-36-25-46(10,56-15)41(32(7)60-36)58-22-18-21-57-20-17-19-49/h27-32,34-41,43-44,54-55H,16-26,49H2,1-15H3/t27-,28-,29+,30-,31-,32+,34+,35-,36?,37+,38-,39-,40-,41+,43+,44-,45-,46-,47-,48?/m1/s1. The Morgan fingerprint density at radius 2 is 1.64 bits per heavy atom. The molecule has 5 heterocycles. The van der Waals surface area contributed by atoms with Crippen molar-refractivity contribution in [2.75, 3.05) is 61.2 Å². The molecule has 5 fully saturated rings. The van der Waals surface area contributed by atoms with E-state index in [9.17, 15) is 19.8 Å². The molecule has 0 aliphatic carbocycles. The van der Waals surface area contributed by atoms with Gasteiger partial charge in [-0.3, -0.25) is 9.59 Å². The summed E-state index contributed by atoms with van der Waals surface area (Å²) in [5.41, 5.74) is 1.05. The molecular weight excluding hydrogens is 859 g/mol. The van der Waals surface area contributed by atoms with Crippen molar-refractivity contribution >= 4 is 11.9 Å². The van der Waals surface area contributed by atoms with Crippen molar-refractivity contribution < 1.29 is 71.9 Å². The number of cyclic esters (lactones) is 1. The lowest BCUT2D eigenvalue weighted by Crippen LogP contribution is -2.68. The second-order valence-electron chi connectivity index (χ2n) is 20.9. The largest absolute Gasteiger partial charge is 0.459 e. The number of rotatable bonds is 16. The van der Waals surface area contributed by atoms with Crippen LogP contribution in [0.15, 0.2) is 0 Å². The highest BCUT2D eigenvalue weighted by Crippen LogP contribution is 2.63. The molecule has 18 nitrogen and oxygen atoms in total. The Morgan fingerprint density at radius 3 is 2.24 bits per heavy atom. The minimum absolute atomic E-state index is 0.111. The lowest BCUT2D eigenvalue weighted by molar-refractivity contribution is -0.321. The van der Waals surface area contributed by atoms with Gasteiger partial charge in [-0.25, -0.2) is 0 Å². The summed E-state index contributed by atoms with van der Waals surface area (Å²) >= 11 is 0. The van der Waals surface area contributed by atoms with E-state index in [0.717, 1.165) is 6.42 Å². The van der Waals surface area contributed by atoms with E-state index in [1.807, 2.05) is 74.5 Å². The van der Waals surface area contributed by atoms with Crippen molar-refractivity contribution in [3.8, 4) is 0 Å². The highest BCUT2D eigenvalue weighted by atomic mass is 16.8. The zero-order valence-corrected chi connectivity index (χ0v) is 42.7. The molecule has 66 heavy (non-hydrogen) atoms. The summed E-state index contributed by atoms with van der Waals surface area (Å²) in [5, 5.41) is 24.1. The molecule has 20 atom stereocenters. The number of carbonyl (C=O) groups is 2. The van der Waals surface area contributed by atoms with Crippen LogP contribution in [0.2, 0.25) is 0 Å². The van der Waals surface area contributed by atoms with Crippen LogP contribution in [0.25, 0.3) is 0 Å². The van der Waals surface area contributed by atoms with Gasteiger partial charge in [0.25, 0.3) is 0 Å². The van der Waals surface area contributed by atoms with Gasteiger partial charge in [0.2, 0.25) is 0 Å². The Balaban J connectivity index is 1.54. The van der Waals surface area contributed by atoms with Crippen molar-refractivity contribution in [3.63, 3.8) is 0 Å². The first-order valence-electron chi connectivity index (χ1n) is 24.5. The molecule has 0 aromatic rings. The molecule has 5 saturated heterocycles. The lowest BCUT2D eigenvalue weighted by Gasteiger charge is -2.50. The smallest absolute Gasteiger partial charge is 0.311 e. The van der Waals surface area contributed by atoms with Gasteiger partial charge in [0.15, 0.2) is 30.6 Å². The maximum atomic E-state index is 14.8. The number of carbonyl (C=O) groups excluding carboxylic acids is 2. The number of esters is 2. The van der Waals surface area contributed by atoms with E-state index in [1.54, 1.807) is 21.0 Å². The van der Waals surface area contributed by atoms with E-state index in [0.29, 0.717) is 52.2 Å². The summed E-state index contributed by atoms with van der Waals surface area (Å²) in [7, 11) is 7.45. The molecular formula is C48H87N3O15. The number of nitrogens with two attached hydrogens (primary N) is 1. The zero-order chi connectivity index (χ0) is 49.1. The Hall–Kier alpha value is -1.62. The summed E-state index contributed by atoms with van der Waals surface area (Å²) in [6.07, 6.45) is -5.64. The molecule has 0 bridgehead atoms. The number of ether oxygens (including phenoxy) is 11. The van der Waals surface area contributed by atoms with E-state index in [1.165, 1.54) is 6.92 Å². The molecule has 1 spiro atoms. The Kier molecular flexibility index (Phi) is 19.0.